The van der Waals surface area contributed by atoms with Crippen LogP contribution in [0, 0.1) is 0 Å². The Morgan fingerprint density at radius 1 is 1.11 bits per heavy atom. The normalized spacial score (nSPS) is 19.0. The van der Waals surface area contributed by atoms with Gasteiger partial charge in [-0.1, -0.05) is 6.07 Å². The molecule has 1 radical (unpaired) electrons. The molecular weight excluding hydrogens is 232 g/mol. The van der Waals surface area contributed by atoms with Crippen molar-refractivity contribution in [3.8, 4) is 11.5 Å². The zero-order valence-electron chi connectivity index (χ0n) is 10.1. The molecule has 18 heavy (non-hydrogen) atoms. The summed E-state index contributed by atoms with van der Waals surface area (Å²) in [7, 11) is 0. The highest BCUT2D eigenvalue weighted by molar-refractivity contribution is 5.48. The highest BCUT2D eigenvalue weighted by Gasteiger charge is 2.18. The third-order valence-corrected chi connectivity index (χ3v) is 3.34. The van der Waals surface area contributed by atoms with Crippen molar-refractivity contribution in [3.05, 3.63) is 23.8 Å². The minimum Gasteiger partial charge on any atom is -0.454 e. The van der Waals surface area contributed by atoms with Crippen molar-refractivity contribution >= 4 is 6.41 Å². The smallest absolute Gasteiger partial charge is 0.312 e. The molecule has 5 heteroatoms. The molecule has 0 N–H and O–H groups in total. The summed E-state index contributed by atoms with van der Waals surface area (Å²) in [5.74, 6) is 1.64. The molecule has 0 aromatic heterocycles. The lowest BCUT2D eigenvalue weighted by molar-refractivity contribution is 0.170. The van der Waals surface area contributed by atoms with E-state index in [1.807, 2.05) is 18.5 Å². The summed E-state index contributed by atoms with van der Waals surface area (Å²) >= 11 is 0. The molecule has 0 atom stereocenters. The van der Waals surface area contributed by atoms with Crippen LogP contribution in [0.15, 0.2) is 18.2 Å². The molecular formula is C13H15N2O3. The molecule has 2 aliphatic heterocycles. The molecule has 0 aliphatic carbocycles. The zero-order valence-corrected chi connectivity index (χ0v) is 10.1. The molecule has 1 aromatic carbocycles. The Morgan fingerprint density at radius 3 is 2.67 bits per heavy atom. The Hall–Kier alpha value is -1.75. The van der Waals surface area contributed by atoms with Crippen molar-refractivity contribution in [2.75, 3.05) is 33.0 Å². The number of ether oxygens (including phenoxy) is 2. The number of nitrogens with zero attached hydrogens (tertiary/aromatic N) is 2. The molecule has 95 valence electrons. The van der Waals surface area contributed by atoms with Gasteiger partial charge in [0.15, 0.2) is 11.5 Å². The van der Waals surface area contributed by atoms with E-state index in [2.05, 4.69) is 11.0 Å². The van der Waals surface area contributed by atoms with E-state index in [1.165, 1.54) is 5.56 Å². The van der Waals surface area contributed by atoms with Gasteiger partial charge in [0.05, 0.1) is 0 Å². The van der Waals surface area contributed by atoms with E-state index in [4.69, 9.17) is 9.47 Å². The largest absolute Gasteiger partial charge is 0.454 e. The van der Waals surface area contributed by atoms with E-state index in [0.29, 0.717) is 6.79 Å². The lowest BCUT2D eigenvalue weighted by Crippen LogP contribution is -2.45. The van der Waals surface area contributed by atoms with E-state index in [9.17, 15) is 4.79 Å². The molecule has 0 bridgehead atoms. The molecule has 1 saturated heterocycles. The quantitative estimate of drug-likeness (QED) is 0.784. The summed E-state index contributed by atoms with van der Waals surface area (Å²) < 4.78 is 10.6. The van der Waals surface area contributed by atoms with Crippen molar-refractivity contribution in [1.29, 1.82) is 0 Å². The third-order valence-electron chi connectivity index (χ3n) is 3.34. The molecule has 0 spiro atoms. The van der Waals surface area contributed by atoms with Gasteiger partial charge < -0.3 is 14.4 Å². The topological polar surface area (TPSA) is 42.0 Å². The van der Waals surface area contributed by atoms with Crippen LogP contribution in [0.25, 0.3) is 0 Å². The summed E-state index contributed by atoms with van der Waals surface area (Å²) in [6, 6.07) is 6.04. The summed E-state index contributed by atoms with van der Waals surface area (Å²) in [6.07, 6.45) is 1.94. The van der Waals surface area contributed by atoms with Gasteiger partial charge in [0.2, 0.25) is 6.79 Å². The van der Waals surface area contributed by atoms with E-state index in [1.54, 1.807) is 4.90 Å². The molecule has 0 unspecified atom stereocenters. The van der Waals surface area contributed by atoms with Gasteiger partial charge in [0.1, 0.15) is 0 Å². The fraction of sp³-hybridized carbons (Fsp3) is 0.462. The standard InChI is InChI=1S/C13H15N2O3/c16-9-15-5-3-14(4-6-15)8-11-1-2-12-13(7-11)18-10-17-12/h1-2,7H,3-6,8,10H2. The summed E-state index contributed by atoms with van der Waals surface area (Å²) in [4.78, 5) is 14.5. The fourth-order valence-corrected chi connectivity index (χ4v) is 2.29. The molecule has 0 saturated carbocycles. The minimum absolute atomic E-state index is 0.312. The molecule has 1 fully saturated rings. The number of hydrogen-bond donors (Lipinski definition) is 0. The van der Waals surface area contributed by atoms with Crippen molar-refractivity contribution < 1.29 is 14.3 Å². The van der Waals surface area contributed by atoms with Crippen LogP contribution in [-0.4, -0.2) is 49.2 Å². The second-order valence-electron chi connectivity index (χ2n) is 4.54. The Labute approximate surface area is 106 Å². The first-order valence-electron chi connectivity index (χ1n) is 6.09. The number of fused-ring (bicyclic) bond motifs is 1. The van der Waals surface area contributed by atoms with Gasteiger partial charge in [-0.05, 0) is 17.7 Å². The minimum atomic E-state index is 0.312. The summed E-state index contributed by atoms with van der Waals surface area (Å²) in [5, 5.41) is 0. The highest BCUT2D eigenvalue weighted by atomic mass is 16.7. The van der Waals surface area contributed by atoms with E-state index in [0.717, 1.165) is 44.2 Å². The van der Waals surface area contributed by atoms with Gasteiger partial charge >= 0.3 is 6.41 Å². The Balaban J connectivity index is 1.61. The number of amides is 1. The molecule has 2 heterocycles. The monoisotopic (exact) mass is 247 g/mol. The number of piperazine rings is 1. The molecule has 5 nitrogen and oxygen atoms in total. The first-order valence-corrected chi connectivity index (χ1v) is 6.09. The maximum absolute atomic E-state index is 10.5. The van der Waals surface area contributed by atoms with Crippen molar-refractivity contribution in [3.63, 3.8) is 0 Å². The molecule has 3 rings (SSSR count). The Kier molecular flexibility index (Phi) is 3.06. The van der Waals surface area contributed by atoms with Crippen molar-refractivity contribution in [1.82, 2.24) is 9.80 Å². The van der Waals surface area contributed by atoms with E-state index < -0.39 is 0 Å². The molecule has 1 aromatic rings. The van der Waals surface area contributed by atoms with Gasteiger partial charge in [-0.25, -0.2) is 0 Å². The summed E-state index contributed by atoms with van der Waals surface area (Å²) in [6.45, 7) is 4.49. The lowest BCUT2D eigenvalue weighted by atomic mass is 10.1. The van der Waals surface area contributed by atoms with Crippen LogP contribution in [0.3, 0.4) is 0 Å². The van der Waals surface area contributed by atoms with Crippen LogP contribution in [0.1, 0.15) is 5.56 Å². The first kappa shape index (κ1) is 11.3. The maximum Gasteiger partial charge on any atom is 0.312 e. The van der Waals surface area contributed by atoms with Crippen LogP contribution >= 0.6 is 0 Å². The van der Waals surface area contributed by atoms with Gasteiger partial charge in [0.25, 0.3) is 0 Å². The maximum atomic E-state index is 10.5. The van der Waals surface area contributed by atoms with Crippen LogP contribution in [0.5, 0.6) is 11.5 Å². The molecule has 1 amide bonds. The zero-order chi connectivity index (χ0) is 12.4. The Bertz CT molecular complexity index is 442. The highest BCUT2D eigenvalue weighted by Crippen LogP contribution is 2.32. The number of benzene rings is 1. The molecule has 2 aliphatic rings. The average molecular weight is 247 g/mol. The van der Waals surface area contributed by atoms with Crippen LogP contribution in [-0.2, 0) is 11.3 Å². The van der Waals surface area contributed by atoms with E-state index >= 15 is 0 Å². The lowest BCUT2D eigenvalue weighted by Gasteiger charge is -2.31. The predicted octanol–water partition coefficient (Wildman–Crippen LogP) is 0.600. The van der Waals surface area contributed by atoms with Crippen molar-refractivity contribution in [2.45, 2.75) is 6.54 Å². The van der Waals surface area contributed by atoms with Gasteiger partial charge in [-0.2, -0.15) is 0 Å². The predicted molar refractivity (Wildman–Crippen MR) is 65.1 cm³/mol. The third kappa shape index (κ3) is 2.26. The number of hydrogen-bond acceptors (Lipinski definition) is 4. The fourth-order valence-electron chi connectivity index (χ4n) is 2.29. The summed E-state index contributed by atoms with van der Waals surface area (Å²) in [5.41, 5.74) is 1.21. The van der Waals surface area contributed by atoms with Crippen LogP contribution in [0.4, 0.5) is 0 Å². The Morgan fingerprint density at radius 2 is 1.89 bits per heavy atom. The average Bonchev–Trinajstić information content (AvgIpc) is 2.87. The second-order valence-corrected chi connectivity index (χ2v) is 4.54. The van der Waals surface area contributed by atoms with Gasteiger partial charge in [-0.15, -0.1) is 0 Å². The number of carbonyl (C=O) groups excluding carboxylic acids is 1. The first-order chi connectivity index (χ1) is 8.85. The van der Waals surface area contributed by atoms with E-state index in [-0.39, 0.29) is 0 Å². The van der Waals surface area contributed by atoms with Gasteiger partial charge in [-0.3, -0.25) is 9.69 Å². The van der Waals surface area contributed by atoms with Crippen LogP contribution < -0.4 is 9.47 Å². The van der Waals surface area contributed by atoms with Crippen molar-refractivity contribution in [2.24, 2.45) is 0 Å². The van der Waals surface area contributed by atoms with Crippen LogP contribution in [0.2, 0.25) is 0 Å². The van der Waals surface area contributed by atoms with Gasteiger partial charge in [0, 0.05) is 32.7 Å². The number of rotatable bonds is 3. The second kappa shape index (κ2) is 4.86. The SMILES string of the molecule is O=[C]N1CCN(Cc2ccc3c(c2)OCO3)CC1.